The van der Waals surface area contributed by atoms with Gasteiger partial charge >= 0.3 is 0 Å². The van der Waals surface area contributed by atoms with Crippen molar-refractivity contribution in [2.45, 2.75) is 13.8 Å². The number of aromatic nitrogens is 2. The second-order valence-electron chi connectivity index (χ2n) is 8.30. The Morgan fingerprint density at radius 1 is 0.750 bits per heavy atom. The monoisotopic (exact) mass is 477 g/mol. The Balaban J connectivity index is 1.27. The number of aryl methyl sites for hydroxylation is 2. The lowest BCUT2D eigenvalue weighted by Gasteiger charge is -2.11. The van der Waals surface area contributed by atoms with Gasteiger partial charge in [-0.25, -0.2) is 9.97 Å². The van der Waals surface area contributed by atoms with Crippen molar-refractivity contribution in [3.05, 3.63) is 112 Å². The van der Waals surface area contributed by atoms with Crippen LogP contribution < -0.4 is 21.4 Å². The molecule has 2 aromatic heterocycles. The molecule has 5 aromatic rings. The van der Waals surface area contributed by atoms with E-state index in [1.807, 2.05) is 56.3 Å². The minimum Gasteiger partial charge on any atom is -0.451 e. The number of para-hydroxylation sites is 1. The maximum Gasteiger partial charge on any atom is 0.291 e. The highest BCUT2D eigenvalue weighted by Gasteiger charge is 2.13. The van der Waals surface area contributed by atoms with Gasteiger partial charge in [0.15, 0.2) is 11.2 Å². The summed E-state index contributed by atoms with van der Waals surface area (Å²) in [7, 11) is 0. The van der Waals surface area contributed by atoms with Crippen molar-refractivity contribution in [2.75, 3.05) is 16.0 Å². The van der Waals surface area contributed by atoms with Crippen LogP contribution in [0, 0.1) is 13.8 Å². The van der Waals surface area contributed by atoms with Crippen molar-refractivity contribution in [1.29, 1.82) is 0 Å². The van der Waals surface area contributed by atoms with E-state index in [1.165, 1.54) is 11.6 Å². The third-order valence-corrected chi connectivity index (χ3v) is 5.44. The zero-order valence-corrected chi connectivity index (χ0v) is 19.7. The number of nitrogens with one attached hydrogen (secondary N) is 3. The third kappa shape index (κ3) is 5.23. The van der Waals surface area contributed by atoms with Gasteiger partial charge in [0.2, 0.25) is 0 Å². The fraction of sp³-hybridized carbons (Fsp3) is 0.0714. The highest BCUT2D eigenvalue weighted by molar-refractivity contribution is 6.03. The molecule has 0 aliphatic heterocycles. The minimum absolute atomic E-state index is 0.0500. The summed E-state index contributed by atoms with van der Waals surface area (Å²) >= 11 is 0. The molecule has 0 aliphatic rings. The average Bonchev–Trinajstić information content (AvgIpc) is 2.86. The first-order valence-electron chi connectivity index (χ1n) is 11.3. The van der Waals surface area contributed by atoms with Gasteiger partial charge in [0, 0.05) is 29.2 Å². The number of carbonyl (C=O) groups excluding carboxylic acids is 1. The van der Waals surface area contributed by atoms with E-state index >= 15 is 0 Å². The van der Waals surface area contributed by atoms with Crippen LogP contribution in [0.1, 0.15) is 21.9 Å². The van der Waals surface area contributed by atoms with E-state index in [0.29, 0.717) is 34.1 Å². The minimum atomic E-state index is -0.503. The van der Waals surface area contributed by atoms with E-state index in [1.54, 1.807) is 36.4 Å². The molecule has 8 heteroatoms. The Morgan fingerprint density at radius 2 is 1.33 bits per heavy atom. The van der Waals surface area contributed by atoms with E-state index in [0.717, 1.165) is 11.4 Å². The van der Waals surface area contributed by atoms with Gasteiger partial charge < -0.3 is 20.4 Å². The van der Waals surface area contributed by atoms with Gasteiger partial charge in [0.25, 0.3) is 5.91 Å². The first-order chi connectivity index (χ1) is 17.4. The predicted molar refractivity (Wildman–Crippen MR) is 141 cm³/mol. The molecule has 1 amide bonds. The Morgan fingerprint density at radius 3 is 2.00 bits per heavy atom. The molecule has 5 rings (SSSR count). The summed E-state index contributed by atoms with van der Waals surface area (Å²) in [6, 6.07) is 25.0. The number of nitrogens with zero attached hydrogens (tertiary/aromatic N) is 2. The predicted octanol–water partition coefficient (Wildman–Crippen LogP) is 5.94. The number of hydrogen-bond donors (Lipinski definition) is 3. The van der Waals surface area contributed by atoms with E-state index in [4.69, 9.17) is 4.42 Å². The van der Waals surface area contributed by atoms with Gasteiger partial charge in [-0.3, -0.25) is 9.59 Å². The van der Waals surface area contributed by atoms with Crippen molar-refractivity contribution < 1.29 is 9.21 Å². The summed E-state index contributed by atoms with van der Waals surface area (Å²) in [4.78, 5) is 33.8. The largest absolute Gasteiger partial charge is 0.451 e. The number of benzene rings is 3. The molecule has 2 heterocycles. The van der Waals surface area contributed by atoms with Crippen LogP contribution >= 0.6 is 0 Å². The van der Waals surface area contributed by atoms with Gasteiger partial charge in [-0.2, -0.15) is 0 Å². The van der Waals surface area contributed by atoms with Crippen molar-refractivity contribution >= 4 is 45.6 Å². The van der Waals surface area contributed by atoms with Crippen LogP contribution in [0.25, 0.3) is 11.0 Å². The summed E-state index contributed by atoms with van der Waals surface area (Å²) < 4.78 is 5.61. The van der Waals surface area contributed by atoms with Crippen molar-refractivity contribution in [3.8, 4) is 0 Å². The molecule has 0 aliphatic carbocycles. The average molecular weight is 478 g/mol. The number of amides is 1. The molecule has 0 radical (unpaired) electrons. The molecule has 178 valence electrons. The highest BCUT2D eigenvalue weighted by Crippen LogP contribution is 2.22. The lowest BCUT2D eigenvalue weighted by molar-refractivity contribution is 0.0997. The van der Waals surface area contributed by atoms with Gasteiger partial charge in [0.1, 0.15) is 23.0 Å². The Bertz CT molecular complexity index is 1610. The zero-order chi connectivity index (χ0) is 25.1. The number of anilines is 5. The second-order valence-corrected chi connectivity index (χ2v) is 8.30. The lowest BCUT2D eigenvalue weighted by atomic mass is 10.2. The topological polar surface area (TPSA) is 109 Å². The summed E-state index contributed by atoms with van der Waals surface area (Å²) in [5, 5.41) is 9.73. The fourth-order valence-corrected chi connectivity index (χ4v) is 3.67. The maximum atomic E-state index is 12.6. The number of carbonyl (C=O) groups is 1. The van der Waals surface area contributed by atoms with E-state index < -0.39 is 5.91 Å². The molecular formula is C28H23N5O3. The first-order valence-corrected chi connectivity index (χ1v) is 11.3. The van der Waals surface area contributed by atoms with Crippen molar-refractivity contribution in [1.82, 2.24) is 9.97 Å². The maximum absolute atomic E-state index is 12.6. The normalized spacial score (nSPS) is 10.7. The Labute approximate surface area is 207 Å². The van der Waals surface area contributed by atoms with Crippen LogP contribution in [0.5, 0.6) is 0 Å². The molecule has 0 saturated carbocycles. The van der Waals surface area contributed by atoms with Gasteiger partial charge in [0.05, 0.1) is 5.39 Å². The van der Waals surface area contributed by atoms with Crippen LogP contribution in [0.4, 0.5) is 28.7 Å². The Kier molecular flexibility index (Phi) is 6.15. The first kappa shape index (κ1) is 22.8. The molecule has 3 aromatic carbocycles. The van der Waals surface area contributed by atoms with E-state index in [-0.39, 0.29) is 11.2 Å². The quantitative estimate of drug-likeness (QED) is 0.278. The molecule has 36 heavy (non-hydrogen) atoms. The third-order valence-electron chi connectivity index (χ3n) is 5.44. The van der Waals surface area contributed by atoms with Crippen LogP contribution in [0.2, 0.25) is 0 Å². The van der Waals surface area contributed by atoms with Gasteiger partial charge in [-0.1, -0.05) is 29.8 Å². The molecule has 3 N–H and O–H groups in total. The van der Waals surface area contributed by atoms with Gasteiger partial charge in [-0.05, 0) is 62.4 Å². The molecule has 0 fully saturated rings. The molecule has 8 nitrogen and oxygen atoms in total. The molecular weight excluding hydrogens is 454 g/mol. The van der Waals surface area contributed by atoms with Crippen LogP contribution in [-0.2, 0) is 0 Å². The number of fused-ring (bicyclic) bond motifs is 1. The fourth-order valence-electron chi connectivity index (χ4n) is 3.67. The second kappa shape index (κ2) is 9.71. The van der Waals surface area contributed by atoms with E-state index in [2.05, 4.69) is 25.9 Å². The number of hydrogen-bond acceptors (Lipinski definition) is 7. The molecule has 0 saturated heterocycles. The SMILES string of the molecule is Cc1ccc(Nc2cc(Nc3ccc(NC(=O)c4cc(=O)c5ccccc5o4)cc3)nc(C)n2)cc1. The number of rotatable bonds is 6. The molecule has 0 atom stereocenters. The smallest absolute Gasteiger partial charge is 0.291 e. The molecule has 0 bridgehead atoms. The van der Waals surface area contributed by atoms with Crippen LogP contribution in [0.15, 0.2) is 94.1 Å². The van der Waals surface area contributed by atoms with Gasteiger partial charge in [-0.15, -0.1) is 0 Å². The van der Waals surface area contributed by atoms with E-state index in [9.17, 15) is 9.59 Å². The molecule has 0 unspecified atom stereocenters. The van der Waals surface area contributed by atoms with Crippen molar-refractivity contribution in [3.63, 3.8) is 0 Å². The highest BCUT2D eigenvalue weighted by atomic mass is 16.3. The zero-order valence-electron chi connectivity index (χ0n) is 19.7. The standard InChI is InChI=1S/C28H23N5O3/c1-17-7-9-19(10-8-17)31-26-16-27(30-18(2)29-26)32-20-11-13-21(14-12-20)33-28(35)25-15-23(34)22-5-3-4-6-24(22)36-25/h3-16H,1-2H3,(H,33,35)(H2,29,30,31,32). The van der Waals surface area contributed by atoms with Crippen LogP contribution in [-0.4, -0.2) is 15.9 Å². The summed E-state index contributed by atoms with van der Waals surface area (Å²) in [6.07, 6.45) is 0. The van der Waals surface area contributed by atoms with Crippen LogP contribution in [0.3, 0.4) is 0 Å². The lowest BCUT2D eigenvalue weighted by Crippen LogP contribution is -2.14. The Hall–Kier alpha value is -4.98. The summed E-state index contributed by atoms with van der Waals surface area (Å²) in [5.41, 5.74) is 3.56. The molecule has 0 spiro atoms. The summed E-state index contributed by atoms with van der Waals surface area (Å²) in [6.45, 7) is 3.87. The summed E-state index contributed by atoms with van der Waals surface area (Å²) in [5.74, 6) is 1.37. The van der Waals surface area contributed by atoms with Crippen molar-refractivity contribution in [2.24, 2.45) is 0 Å².